The van der Waals surface area contributed by atoms with Gasteiger partial charge in [0.1, 0.15) is 11.6 Å². The molecule has 0 N–H and O–H groups in total. The molecule has 0 spiro atoms. The summed E-state index contributed by atoms with van der Waals surface area (Å²) in [5.41, 5.74) is -1.53. The van der Waals surface area contributed by atoms with Crippen LogP contribution in [0.3, 0.4) is 0 Å². The number of nitrogens with zero attached hydrogens (tertiary/aromatic N) is 1. The quantitative estimate of drug-likeness (QED) is 0.724. The minimum atomic E-state index is -5.05. The van der Waals surface area contributed by atoms with E-state index in [-0.39, 0.29) is 12.8 Å². The zero-order valence-corrected chi connectivity index (χ0v) is 13.2. The van der Waals surface area contributed by atoms with Crippen molar-refractivity contribution in [3.8, 4) is 0 Å². The van der Waals surface area contributed by atoms with Gasteiger partial charge in [0.2, 0.25) is 0 Å². The Morgan fingerprint density at radius 3 is 2.22 bits per heavy atom. The van der Waals surface area contributed by atoms with Crippen molar-refractivity contribution < 1.29 is 37.0 Å². The molecule has 0 aromatic rings. The molecule has 1 atom stereocenters. The molecule has 1 aliphatic rings. The zero-order chi connectivity index (χ0) is 18.0. The van der Waals surface area contributed by atoms with Crippen LogP contribution in [0, 0.1) is 0 Å². The Hall–Kier alpha value is -2.06. The van der Waals surface area contributed by atoms with Gasteiger partial charge < -0.3 is 9.47 Å². The van der Waals surface area contributed by atoms with E-state index >= 15 is 0 Å². The molecule has 0 bridgehead atoms. The van der Waals surface area contributed by atoms with Gasteiger partial charge in [-0.25, -0.2) is 9.59 Å². The molecular formula is C14H18F3NO5. The van der Waals surface area contributed by atoms with Crippen molar-refractivity contribution in [2.24, 2.45) is 0 Å². The molecule has 6 nitrogen and oxygen atoms in total. The van der Waals surface area contributed by atoms with Crippen LogP contribution in [0.4, 0.5) is 18.0 Å². The standard InChI is InChI=1S/C14H18F3NO5/c1-13(2,3)23-12(21)18-7-8(10(19)14(15,16)17)5-6-9(18)11(20)22-4/h7,9H,5-6H2,1-4H3/t9-/m1/s1. The summed E-state index contributed by atoms with van der Waals surface area (Å²) in [6.45, 7) is 4.69. The topological polar surface area (TPSA) is 72.9 Å². The van der Waals surface area contributed by atoms with Crippen molar-refractivity contribution in [3.63, 3.8) is 0 Å². The van der Waals surface area contributed by atoms with Crippen LogP contribution in [0.15, 0.2) is 11.8 Å². The summed E-state index contributed by atoms with van der Waals surface area (Å²) < 4.78 is 47.2. The first-order chi connectivity index (χ1) is 10.4. The highest BCUT2D eigenvalue weighted by molar-refractivity contribution is 6.00. The fourth-order valence-electron chi connectivity index (χ4n) is 1.97. The summed E-state index contributed by atoms with van der Waals surface area (Å²) in [7, 11) is 1.09. The van der Waals surface area contributed by atoms with E-state index in [0.717, 1.165) is 13.3 Å². The van der Waals surface area contributed by atoms with E-state index in [2.05, 4.69) is 4.74 Å². The molecular weight excluding hydrogens is 319 g/mol. The minimum absolute atomic E-state index is 0.167. The average molecular weight is 337 g/mol. The van der Waals surface area contributed by atoms with Crippen molar-refractivity contribution in [1.82, 2.24) is 4.90 Å². The average Bonchev–Trinajstić information content (AvgIpc) is 2.42. The number of hydrogen-bond donors (Lipinski definition) is 0. The number of allylic oxidation sites excluding steroid dienone is 1. The molecule has 0 aliphatic carbocycles. The van der Waals surface area contributed by atoms with Gasteiger partial charge in [0.15, 0.2) is 0 Å². The fraction of sp³-hybridized carbons (Fsp3) is 0.643. The summed E-state index contributed by atoms with van der Waals surface area (Å²) in [4.78, 5) is 35.8. The first kappa shape index (κ1) is 19.0. The van der Waals surface area contributed by atoms with Gasteiger partial charge >= 0.3 is 18.2 Å². The summed E-state index contributed by atoms with van der Waals surface area (Å²) in [6.07, 6.45) is -5.82. The lowest BCUT2D eigenvalue weighted by Gasteiger charge is -2.33. The summed E-state index contributed by atoms with van der Waals surface area (Å²) >= 11 is 0. The zero-order valence-electron chi connectivity index (χ0n) is 13.2. The lowest BCUT2D eigenvalue weighted by molar-refractivity contribution is -0.167. The number of halogens is 3. The Kier molecular flexibility index (Phi) is 5.44. The lowest BCUT2D eigenvalue weighted by atomic mass is 9.97. The van der Waals surface area contributed by atoms with Crippen LogP contribution in [-0.4, -0.2) is 47.7 Å². The molecule has 1 amide bonds. The smallest absolute Gasteiger partial charge is 0.454 e. The third kappa shape index (κ3) is 4.97. The number of carbonyl (C=O) groups excluding carboxylic acids is 3. The first-order valence-electron chi connectivity index (χ1n) is 6.78. The second-order valence-electron chi connectivity index (χ2n) is 5.95. The predicted molar refractivity (Wildman–Crippen MR) is 72.3 cm³/mol. The van der Waals surface area contributed by atoms with E-state index in [9.17, 15) is 27.6 Å². The number of hydrogen-bond acceptors (Lipinski definition) is 5. The highest BCUT2D eigenvalue weighted by atomic mass is 19.4. The monoisotopic (exact) mass is 337 g/mol. The van der Waals surface area contributed by atoms with E-state index in [0.29, 0.717) is 4.90 Å². The van der Waals surface area contributed by atoms with Crippen molar-refractivity contribution >= 4 is 17.8 Å². The van der Waals surface area contributed by atoms with Gasteiger partial charge in [-0.05, 0) is 33.6 Å². The normalized spacial score (nSPS) is 19.0. The maximum Gasteiger partial charge on any atom is 0.454 e. The van der Waals surface area contributed by atoms with Gasteiger partial charge in [-0.2, -0.15) is 13.2 Å². The molecule has 9 heteroatoms. The molecule has 0 saturated heterocycles. The maximum atomic E-state index is 12.5. The van der Waals surface area contributed by atoms with E-state index < -0.39 is 41.2 Å². The second kappa shape index (κ2) is 6.59. The van der Waals surface area contributed by atoms with Crippen LogP contribution >= 0.6 is 0 Å². The Morgan fingerprint density at radius 1 is 1.22 bits per heavy atom. The Balaban J connectivity index is 3.15. The van der Waals surface area contributed by atoms with E-state index in [1.54, 1.807) is 20.8 Å². The van der Waals surface area contributed by atoms with E-state index in [4.69, 9.17) is 4.74 Å². The number of ketones is 1. The van der Waals surface area contributed by atoms with Crippen molar-refractivity contribution in [3.05, 3.63) is 11.8 Å². The molecule has 0 aromatic carbocycles. The highest BCUT2D eigenvalue weighted by Gasteiger charge is 2.44. The van der Waals surface area contributed by atoms with E-state index in [1.807, 2.05) is 0 Å². The van der Waals surface area contributed by atoms with Crippen LogP contribution in [0.5, 0.6) is 0 Å². The number of amides is 1. The van der Waals surface area contributed by atoms with Crippen molar-refractivity contribution in [2.45, 2.75) is 51.4 Å². The Bertz CT molecular complexity index is 534. The van der Waals surface area contributed by atoms with Gasteiger partial charge in [-0.15, -0.1) is 0 Å². The molecule has 1 heterocycles. The van der Waals surface area contributed by atoms with Gasteiger partial charge in [0.25, 0.3) is 5.78 Å². The second-order valence-corrected chi connectivity index (χ2v) is 5.95. The molecule has 0 radical (unpaired) electrons. The number of alkyl halides is 3. The number of rotatable bonds is 2. The van der Waals surface area contributed by atoms with Crippen LogP contribution in [0.25, 0.3) is 0 Å². The summed E-state index contributed by atoms with van der Waals surface area (Å²) in [6, 6.07) is -1.14. The highest BCUT2D eigenvalue weighted by Crippen LogP contribution is 2.29. The van der Waals surface area contributed by atoms with Crippen LogP contribution in [-0.2, 0) is 19.1 Å². The number of ether oxygens (including phenoxy) is 2. The van der Waals surface area contributed by atoms with Gasteiger partial charge in [0, 0.05) is 11.8 Å². The van der Waals surface area contributed by atoms with Gasteiger partial charge in [0.05, 0.1) is 7.11 Å². The third-order valence-corrected chi connectivity index (χ3v) is 2.94. The summed E-state index contributed by atoms with van der Waals surface area (Å²) in [5, 5.41) is 0. The molecule has 0 fully saturated rings. The largest absolute Gasteiger partial charge is 0.467 e. The SMILES string of the molecule is COC(=O)[C@H]1CCC(C(=O)C(F)(F)F)=CN1C(=O)OC(C)(C)C. The van der Waals surface area contributed by atoms with Crippen molar-refractivity contribution in [1.29, 1.82) is 0 Å². The van der Waals surface area contributed by atoms with Gasteiger partial charge in [-0.3, -0.25) is 9.69 Å². The maximum absolute atomic E-state index is 12.5. The fourth-order valence-corrected chi connectivity index (χ4v) is 1.97. The molecule has 0 saturated carbocycles. The van der Waals surface area contributed by atoms with Crippen LogP contribution in [0.2, 0.25) is 0 Å². The van der Waals surface area contributed by atoms with Crippen LogP contribution < -0.4 is 0 Å². The molecule has 0 aromatic heterocycles. The molecule has 130 valence electrons. The number of methoxy groups -OCH3 is 1. The predicted octanol–water partition coefficient (Wildman–Crippen LogP) is 2.57. The molecule has 0 unspecified atom stereocenters. The number of esters is 1. The minimum Gasteiger partial charge on any atom is -0.467 e. The Morgan fingerprint density at radius 2 is 1.78 bits per heavy atom. The van der Waals surface area contributed by atoms with Crippen molar-refractivity contribution in [2.75, 3.05) is 7.11 Å². The van der Waals surface area contributed by atoms with Gasteiger partial charge in [-0.1, -0.05) is 0 Å². The van der Waals surface area contributed by atoms with E-state index in [1.165, 1.54) is 0 Å². The number of Topliss-reactive ketones (excluding diaryl/α,β-unsaturated/α-hetero) is 1. The number of carbonyl (C=O) groups is 3. The first-order valence-corrected chi connectivity index (χ1v) is 6.78. The van der Waals surface area contributed by atoms with Crippen LogP contribution in [0.1, 0.15) is 33.6 Å². The molecule has 1 aliphatic heterocycles. The molecule has 23 heavy (non-hydrogen) atoms. The third-order valence-electron chi connectivity index (χ3n) is 2.94. The molecule has 1 rings (SSSR count). The Labute approximate surface area is 131 Å². The summed E-state index contributed by atoms with van der Waals surface area (Å²) in [5.74, 6) is -2.85. The lowest BCUT2D eigenvalue weighted by Crippen LogP contribution is -2.47.